The smallest absolute Gasteiger partial charge is 0.319 e. The molecule has 0 aliphatic heterocycles. The minimum atomic E-state index is -0.253. The third-order valence-electron chi connectivity index (χ3n) is 2.83. The van der Waals surface area contributed by atoms with Gasteiger partial charge in [-0.3, -0.25) is 0 Å². The number of anilines is 2. The van der Waals surface area contributed by atoms with Gasteiger partial charge in [-0.15, -0.1) is 11.3 Å². The van der Waals surface area contributed by atoms with Crippen molar-refractivity contribution in [2.45, 2.75) is 19.4 Å². The molecular formula is C14H19N5OS. The summed E-state index contributed by atoms with van der Waals surface area (Å²) < 4.78 is 0. The van der Waals surface area contributed by atoms with Crippen molar-refractivity contribution in [2.24, 2.45) is 0 Å². The number of rotatable bonds is 5. The Bertz CT molecular complexity index is 585. The van der Waals surface area contributed by atoms with Crippen LogP contribution in [0.3, 0.4) is 0 Å². The zero-order valence-electron chi connectivity index (χ0n) is 12.3. The fraction of sp³-hybridized carbons (Fsp3) is 0.357. The lowest BCUT2D eigenvalue weighted by molar-refractivity contribution is 0.249. The molecule has 0 radical (unpaired) electrons. The van der Waals surface area contributed by atoms with Crippen molar-refractivity contribution >= 4 is 28.9 Å². The lowest BCUT2D eigenvalue weighted by atomic mass is 10.2. The van der Waals surface area contributed by atoms with E-state index in [4.69, 9.17) is 0 Å². The molecule has 0 saturated heterocycles. The van der Waals surface area contributed by atoms with E-state index in [1.54, 1.807) is 17.5 Å². The molecule has 2 aromatic rings. The second-order valence-corrected chi connectivity index (χ2v) is 5.97. The zero-order valence-corrected chi connectivity index (χ0v) is 13.1. The topological polar surface area (TPSA) is 70.1 Å². The van der Waals surface area contributed by atoms with Crippen LogP contribution in [0.25, 0.3) is 0 Å². The van der Waals surface area contributed by atoms with Crippen LogP contribution >= 0.6 is 11.3 Å². The molecule has 0 fully saturated rings. The molecule has 0 saturated carbocycles. The van der Waals surface area contributed by atoms with Gasteiger partial charge in [0.1, 0.15) is 12.0 Å². The van der Waals surface area contributed by atoms with Crippen LogP contribution in [0.1, 0.15) is 11.8 Å². The van der Waals surface area contributed by atoms with Crippen LogP contribution in [0.4, 0.5) is 16.3 Å². The van der Waals surface area contributed by atoms with E-state index >= 15 is 0 Å². The highest BCUT2D eigenvalue weighted by molar-refractivity contribution is 7.09. The fourth-order valence-electron chi connectivity index (χ4n) is 1.93. The molecule has 2 rings (SSSR count). The van der Waals surface area contributed by atoms with E-state index in [-0.39, 0.29) is 12.1 Å². The zero-order chi connectivity index (χ0) is 15.2. The minimum absolute atomic E-state index is 0.0519. The van der Waals surface area contributed by atoms with Crippen molar-refractivity contribution in [1.82, 2.24) is 15.3 Å². The SMILES string of the molecule is CC(Cc1cccs1)NC(=O)Nc1cncnc1N(C)C. The molecule has 0 aromatic carbocycles. The summed E-state index contributed by atoms with van der Waals surface area (Å²) in [7, 11) is 3.73. The Hall–Kier alpha value is -2.15. The molecule has 21 heavy (non-hydrogen) atoms. The predicted octanol–water partition coefficient (Wildman–Crippen LogP) is 2.36. The van der Waals surface area contributed by atoms with Crippen molar-refractivity contribution in [3.8, 4) is 0 Å². The van der Waals surface area contributed by atoms with Gasteiger partial charge in [-0.2, -0.15) is 0 Å². The number of thiophene rings is 1. The van der Waals surface area contributed by atoms with E-state index in [1.807, 2.05) is 37.4 Å². The number of hydrogen-bond acceptors (Lipinski definition) is 5. The largest absolute Gasteiger partial charge is 0.361 e. The standard InChI is InChI=1S/C14H19N5OS/c1-10(7-11-5-4-6-21-11)17-14(20)18-12-8-15-9-16-13(12)19(2)3/h4-6,8-10H,7H2,1-3H3,(H2,17,18,20). The number of aromatic nitrogens is 2. The number of carbonyl (C=O) groups is 1. The number of amides is 2. The monoisotopic (exact) mass is 305 g/mol. The van der Waals surface area contributed by atoms with E-state index in [0.717, 1.165) is 6.42 Å². The molecule has 0 aliphatic rings. The summed E-state index contributed by atoms with van der Waals surface area (Å²) in [5, 5.41) is 7.74. The van der Waals surface area contributed by atoms with Crippen molar-refractivity contribution in [1.29, 1.82) is 0 Å². The Morgan fingerprint density at radius 3 is 2.95 bits per heavy atom. The first-order valence-electron chi connectivity index (χ1n) is 6.63. The minimum Gasteiger partial charge on any atom is -0.361 e. The number of nitrogens with one attached hydrogen (secondary N) is 2. The van der Waals surface area contributed by atoms with Gasteiger partial charge in [-0.1, -0.05) is 6.07 Å². The first-order chi connectivity index (χ1) is 10.1. The number of nitrogens with zero attached hydrogens (tertiary/aromatic N) is 3. The Morgan fingerprint density at radius 1 is 1.48 bits per heavy atom. The van der Waals surface area contributed by atoms with Crippen LogP contribution in [-0.4, -0.2) is 36.1 Å². The summed E-state index contributed by atoms with van der Waals surface area (Å²) in [4.78, 5) is 23.2. The van der Waals surface area contributed by atoms with Crippen molar-refractivity contribution in [3.63, 3.8) is 0 Å². The summed E-state index contributed by atoms with van der Waals surface area (Å²) >= 11 is 1.69. The summed E-state index contributed by atoms with van der Waals surface area (Å²) in [5.41, 5.74) is 0.586. The van der Waals surface area contributed by atoms with Crippen molar-refractivity contribution in [3.05, 3.63) is 34.9 Å². The molecule has 1 unspecified atom stereocenters. The summed E-state index contributed by atoms with van der Waals surface area (Å²) in [6.07, 6.45) is 3.86. The van der Waals surface area contributed by atoms with Crippen LogP contribution in [0.5, 0.6) is 0 Å². The lowest BCUT2D eigenvalue weighted by Gasteiger charge is -2.17. The van der Waals surface area contributed by atoms with Crippen molar-refractivity contribution in [2.75, 3.05) is 24.3 Å². The van der Waals surface area contributed by atoms with Gasteiger partial charge in [-0.05, 0) is 18.4 Å². The highest BCUT2D eigenvalue weighted by atomic mass is 32.1. The van der Waals surface area contributed by atoms with Gasteiger partial charge in [0.15, 0.2) is 5.82 Å². The van der Waals surface area contributed by atoms with Crippen LogP contribution in [-0.2, 0) is 6.42 Å². The molecule has 2 amide bonds. The molecule has 0 bridgehead atoms. The molecule has 7 heteroatoms. The van der Waals surface area contributed by atoms with E-state index in [0.29, 0.717) is 11.5 Å². The second-order valence-electron chi connectivity index (χ2n) is 4.94. The maximum Gasteiger partial charge on any atom is 0.319 e. The number of carbonyl (C=O) groups excluding carboxylic acids is 1. The van der Waals surface area contributed by atoms with Gasteiger partial charge < -0.3 is 15.5 Å². The van der Waals surface area contributed by atoms with Gasteiger partial charge >= 0.3 is 6.03 Å². The van der Waals surface area contributed by atoms with Gasteiger partial charge in [0.25, 0.3) is 0 Å². The van der Waals surface area contributed by atoms with E-state index < -0.39 is 0 Å². The van der Waals surface area contributed by atoms with Gasteiger partial charge in [0.05, 0.1) is 6.20 Å². The van der Waals surface area contributed by atoms with E-state index in [9.17, 15) is 4.79 Å². The maximum absolute atomic E-state index is 12.0. The highest BCUT2D eigenvalue weighted by Crippen LogP contribution is 2.19. The van der Waals surface area contributed by atoms with Gasteiger partial charge in [0.2, 0.25) is 0 Å². The van der Waals surface area contributed by atoms with Gasteiger partial charge in [-0.25, -0.2) is 14.8 Å². The summed E-state index contributed by atoms with van der Waals surface area (Å²) in [6, 6.07) is 3.88. The Balaban J connectivity index is 1.92. The third kappa shape index (κ3) is 4.42. The Kier molecular flexibility index (Phi) is 5.10. The highest BCUT2D eigenvalue weighted by Gasteiger charge is 2.12. The average molecular weight is 305 g/mol. The molecule has 112 valence electrons. The molecule has 6 nitrogen and oxygen atoms in total. The first kappa shape index (κ1) is 15.2. The van der Waals surface area contributed by atoms with Crippen LogP contribution < -0.4 is 15.5 Å². The summed E-state index contributed by atoms with van der Waals surface area (Å²) in [6.45, 7) is 1.98. The van der Waals surface area contributed by atoms with Crippen LogP contribution in [0.2, 0.25) is 0 Å². The van der Waals surface area contributed by atoms with E-state index in [2.05, 4.69) is 26.7 Å². The molecule has 0 spiro atoms. The second kappa shape index (κ2) is 7.03. The Morgan fingerprint density at radius 2 is 2.29 bits per heavy atom. The Labute approximate surface area is 128 Å². The first-order valence-corrected chi connectivity index (χ1v) is 7.51. The molecule has 2 aromatic heterocycles. The quantitative estimate of drug-likeness (QED) is 0.889. The molecule has 0 aliphatic carbocycles. The molecular weight excluding hydrogens is 286 g/mol. The van der Waals surface area contributed by atoms with Gasteiger partial charge in [0, 0.05) is 31.4 Å². The predicted molar refractivity (Wildman–Crippen MR) is 86.0 cm³/mol. The van der Waals surface area contributed by atoms with Crippen molar-refractivity contribution < 1.29 is 4.79 Å². The maximum atomic E-state index is 12.0. The van der Waals surface area contributed by atoms with Crippen LogP contribution in [0.15, 0.2) is 30.0 Å². The van der Waals surface area contributed by atoms with E-state index in [1.165, 1.54) is 11.2 Å². The summed E-state index contributed by atoms with van der Waals surface area (Å²) in [5.74, 6) is 0.672. The fourth-order valence-corrected chi connectivity index (χ4v) is 2.77. The number of hydrogen-bond donors (Lipinski definition) is 2. The lowest BCUT2D eigenvalue weighted by Crippen LogP contribution is -2.37. The third-order valence-corrected chi connectivity index (χ3v) is 3.73. The molecule has 2 heterocycles. The molecule has 2 N–H and O–H groups in total. The normalized spacial score (nSPS) is 11.8. The molecule has 1 atom stereocenters. The average Bonchev–Trinajstić information content (AvgIpc) is 2.91. The van der Waals surface area contributed by atoms with Crippen LogP contribution in [0, 0.1) is 0 Å². The number of urea groups is 1.